The molecule has 3 amide bonds. The average molecular weight is 501 g/mol. The van der Waals surface area contributed by atoms with Gasteiger partial charge in [0.05, 0.1) is 30.2 Å². The Morgan fingerprint density at radius 2 is 1.67 bits per heavy atom. The molecule has 0 bridgehead atoms. The van der Waals surface area contributed by atoms with Gasteiger partial charge < -0.3 is 24.2 Å². The summed E-state index contributed by atoms with van der Waals surface area (Å²) < 4.78 is 10.4. The molecule has 1 atom stereocenters. The van der Waals surface area contributed by atoms with Gasteiger partial charge >= 0.3 is 12.1 Å². The van der Waals surface area contributed by atoms with Crippen molar-refractivity contribution in [3.05, 3.63) is 29.1 Å². The van der Waals surface area contributed by atoms with Crippen LogP contribution in [0, 0.1) is 12.8 Å². The third kappa shape index (κ3) is 5.32. The first-order valence-electron chi connectivity index (χ1n) is 12.8. The zero-order valence-corrected chi connectivity index (χ0v) is 21.6. The van der Waals surface area contributed by atoms with Crippen LogP contribution in [0.5, 0.6) is 0 Å². The lowest BCUT2D eigenvalue weighted by Crippen LogP contribution is -2.51. The molecule has 10 nitrogen and oxygen atoms in total. The number of cyclic esters (lactones) is 1. The molecular formula is C26H36N4O6. The topological polar surface area (TPSA) is 109 Å². The molecule has 0 aromatic carbocycles. The molecular weight excluding hydrogens is 464 g/mol. The molecule has 1 unspecified atom stereocenters. The number of amides is 3. The predicted octanol–water partition coefficient (Wildman–Crippen LogP) is 2.35. The molecule has 3 fully saturated rings. The summed E-state index contributed by atoms with van der Waals surface area (Å²) >= 11 is 0. The molecule has 3 aliphatic heterocycles. The number of aromatic nitrogens is 1. The summed E-state index contributed by atoms with van der Waals surface area (Å²) in [5.41, 5.74) is 1.42. The Kier molecular flexibility index (Phi) is 7.51. The van der Waals surface area contributed by atoms with E-state index in [0.717, 1.165) is 11.4 Å². The van der Waals surface area contributed by atoms with E-state index in [1.54, 1.807) is 30.6 Å². The summed E-state index contributed by atoms with van der Waals surface area (Å²) in [6.07, 6.45) is 1.16. The highest BCUT2D eigenvalue weighted by Gasteiger charge is 2.48. The fraction of sp³-hybridized carbons (Fsp3) is 0.654. The van der Waals surface area contributed by atoms with Crippen LogP contribution in [0.4, 0.5) is 4.79 Å². The molecule has 3 aliphatic rings. The second-order valence-electron chi connectivity index (χ2n) is 10.3. The minimum atomic E-state index is -0.792. The fourth-order valence-electron chi connectivity index (χ4n) is 5.34. The van der Waals surface area contributed by atoms with Crippen LogP contribution >= 0.6 is 0 Å². The molecule has 0 spiro atoms. The number of nitrogens with zero attached hydrogens (tertiary/aromatic N) is 4. The second-order valence-corrected chi connectivity index (χ2v) is 10.3. The van der Waals surface area contributed by atoms with Crippen molar-refractivity contribution in [1.29, 1.82) is 0 Å². The van der Waals surface area contributed by atoms with E-state index in [1.807, 2.05) is 24.0 Å². The van der Waals surface area contributed by atoms with Gasteiger partial charge in [-0.1, -0.05) is 0 Å². The lowest BCUT2D eigenvalue weighted by atomic mass is 9.86. The SMILES string of the molecule is CCOC(=O)N1CCN(C(=O)c2ccc(C)nc2C2CCN(C(=O)C3CC(=O)OC3(C)C)CC2)CC1. The average Bonchev–Trinajstić information content (AvgIpc) is 3.15. The minimum Gasteiger partial charge on any atom is -0.459 e. The summed E-state index contributed by atoms with van der Waals surface area (Å²) in [4.78, 5) is 60.3. The van der Waals surface area contributed by atoms with Crippen molar-refractivity contribution in [2.75, 3.05) is 45.9 Å². The predicted molar refractivity (Wildman–Crippen MR) is 130 cm³/mol. The summed E-state index contributed by atoms with van der Waals surface area (Å²) in [6.45, 7) is 10.4. The highest BCUT2D eigenvalue weighted by molar-refractivity contribution is 5.95. The molecule has 4 rings (SSSR count). The van der Waals surface area contributed by atoms with E-state index < -0.39 is 11.5 Å². The van der Waals surface area contributed by atoms with E-state index in [4.69, 9.17) is 14.5 Å². The van der Waals surface area contributed by atoms with Gasteiger partial charge in [-0.05, 0) is 52.7 Å². The van der Waals surface area contributed by atoms with Gasteiger partial charge in [0.15, 0.2) is 0 Å². The Morgan fingerprint density at radius 3 is 2.25 bits per heavy atom. The normalized spacial score (nSPS) is 22.4. The van der Waals surface area contributed by atoms with Crippen LogP contribution < -0.4 is 0 Å². The third-order valence-electron chi connectivity index (χ3n) is 7.47. The van der Waals surface area contributed by atoms with Crippen LogP contribution in [0.25, 0.3) is 0 Å². The van der Waals surface area contributed by atoms with E-state index in [0.29, 0.717) is 64.3 Å². The van der Waals surface area contributed by atoms with Crippen LogP contribution in [0.2, 0.25) is 0 Å². The summed E-state index contributed by atoms with van der Waals surface area (Å²) in [6, 6.07) is 3.70. The van der Waals surface area contributed by atoms with Crippen molar-refractivity contribution in [3.8, 4) is 0 Å². The number of carbonyl (C=O) groups excluding carboxylic acids is 4. The monoisotopic (exact) mass is 500 g/mol. The van der Waals surface area contributed by atoms with Crippen LogP contribution in [0.1, 0.15) is 67.7 Å². The smallest absolute Gasteiger partial charge is 0.409 e. The number of likely N-dealkylation sites (tertiary alicyclic amines) is 1. The molecule has 0 saturated carbocycles. The maximum Gasteiger partial charge on any atom is 0.409 e. The van der Waals surface area contributed by atoms with Gasteiger partial charge in [-0.25, -0.2) is 4.79 Å². The van der Waals surface area contributed by atoms with Crippen LogP contribution in [0.15, 0.2) is 12.1 Å². The van der Waals surface area contributed by atoms with Gasteiger partial charge in [0.25, 0.3) is 5.91 Å². The standard InChI is InChI=1S/C26H36N4O6/c1-5-35-25(34)30-14-12-29(13-15-30)23(32)19-7-6-17(2)27-22(19)18-8-10-28(11-9-18)24(33)20-16-21(31)36-26(20,3)4/h6-7,18,20H,5,8-16H2,1-4H3. The van der Waals surface area contributed by atoms with Gasteiger partial charge in [-0.3, -0.25) is 19.4 Å². The zero-order chi connectivity index (χ0) is 26.0. The van der Waals surface area contributed by atoms with E-state index in [-0.39, 0.29) is 36.2 Å². The molecule has 1 aromatic heterocycles. The first kappa shape index (κ1) is 25.9. The van der Waals surface area contributed by atoms with Gasteiger partial charge in [0.1, 0.15) is 5.60 Å². The molecule has 0 aliphatic carbocycles. The number of rotatable bonds is 4. The van der Waals surface area contributed by atoms with E-state index >= 15 is 0 Å². The first-order chi connectivity index (χ1) is 17.1. The number of hydrogen-bond donors (Lipinski definition) is 0. The van der Waals surface area contributed by atoms with Gasteiger partial charge in [-0.15, -0.1) is 0 Å². The largest absolute Gasteiger partial charge is 0.459 e. The molecule has 196 valence electrons. The van der Waals surface area contributed by atoms with Crippen LogP contribution in [0.3, 0.4) is 0 Å². The van der Waals surface area contributed by atoms with Crippen molar-refractivity contribution in [2.24, 2.45) is 5.92 Å². The highest BCUT2D eigenvalue weighted by Crippen LogP contribution is 2.36. The molecule has 0 radical (unpaired) electrons. The lowest BCUT2D eigenvalue weighted by molar-refractivity contribution is -0.149. The maximum absolute atomic E-state index is 13.5. The zero-order valence-electron chi connectivity index (χ0n) is 21.6. The number of carbonyl (C=O) groups is 4. The second kappa shape index (κ2) is 10.4. The van der Waals surface area contributed by atoms with Crippen LogP contribution in [-0.2, 0) is 19.1 Å². The lowest BCUT2D eigenvalue weighted by Gasteiger charge is -2.37. The van der Waals surface area contributed by atoms with E-state index in [9.17, 15) is 19.2 Å². The Balaban J connectivity index is 1.41. The minimum absolute atomic E-state index is 0.0442. The summed E-state index contributed by atoms with van der Waals surface area (Å²) in [7, 11) is 0. The Hall–Kier alpha value is -3.17. The number of pyridine rings is 1. The van der Waals surface area contributed by atoms with E-state index in [2.05, 4.69) is 0 Å². The van der Waals surface area contributed by atoms with Gasteiger partial charge in [0.2, 0.25) is 5.91 Å². The van der Waals surface area contributed by atoms with E-state index in [1.165, 1.54) is 0 Å². The molecule has 1 aromatic rings. The molecule has 4 heterocycles. The number of piperazine rings is 1. The van der Waals surface area contributed by atoms with Crippen molar-refractivity contribution >= 4 is 23.9 Å². The van der Waals surface area contributed by atoms with Crippen molar-refractivity contribution in [3.63, 3.8) is 0 Å². The van der Waals surface area contributed by atoms with Gasteiger partial charge in [0, 0.05) is 50.9 Å². The van der Waals surface area contributed by atoms with Crippen molar-refractivity contribution in [1.82, 2.24) is 19.7 Å². The Labute approximate surface area is 211 Å². The Bertz CT molecular complexity index is 1030. The number of hydrogen-bond acceptors (Lipinski definition) is 7. The number of esters is 1. The molecule has 10 heteroatoms. The Morgan fingerprint density at radius 1 is 1.03 bits per heavy atom. The van der Waals surface area contributed by atoms with Crippen LogP contribution in [-0.4, -0.2) is 95.0 Å². The summed E-state index contributed by atoms with van der Waals surface area (Å²) in [5, 5.41) is 0. The molecule has 3 saturated heterocycles. The first-order valence-corrected chi connectivity index (χ1v) is 12.8. The maximum atomic E-state index is 13.5. The third-order valence-corrected chi connectivity index (χ3v) is 7.47. The molecule has 0 N–H and O–H groups in total. The number of piperidine rings is 1. The van der Waals surface area contributed by atoms with Gasteiger partial charge in [-0.2, -0.15) is 0 Å². The summed E-state index contributed by atoms with van der Waals surface area (Å²) in [5.74, 6) is -0.865. The highest BCUT2D eigenvalue weighted by atomic mass is 16.6. The van der Waals surface area contributed by atoms with Crippen molar-refractivity contribution in [2.45, 2.75) is 58.5 Å². The quantitative estimate of drug-likeness (QED) is 0.584. The van der Waals surface area contributed by atoms with Crippen molar-refractivity contribution < 1.29 is 28.7 Å². The molecule has 36 heavy (non-hydrogen) atoms. The fourth-order valence-corrected chi connectivity index (χ4v) is 5.34. The number of ether oxygens (including phenoxy) is 2. The number of aryl methyl sites for hydroxylation is 1.